The van der Waals surface area contributed by atoms with Crippen molar-refractivity contribution in [1.82, 2.24) is 15.1 Å². The average molecular weight is 477 g/mol. The number of amides is 3. The van der Waals surface area contributed by atoms with E-state index < -0.39 is 23.8 Å². The van der Waals surface area contributed by atoms with Crippen LogP contribution in [0.5, 0.6) is 0 Å². The number of fused-ring (bicyclic) bond motifs is 1. The molecule has 3 fully saturated rings. The third-order valence-corrected chi connectivity index (χ3v) is 6.79. The Bertz CT molecular complexity index is 811. The Hall–Kier alpha value is -2.50. The number of carbonyl (C=O) groups excluding carboxylic acids is 3. The highest BCUT2D eigenvalue weighted by Gasteiger charge is 2.47. The van der Waals surface area contributed by atoms with E-state index in [1.807, 2.05) is 41.5 Å². The van der Waals surface area contributed by atoms with E-state index in [1.54, 1.807) is 9.80 Å². The van der Waals surface area contributed by atoms with Crippen molar-refractivity contribution in [3.8, 4) is 6.07 Å². The molecular weight excluding hydrogens is 436 g/mol. The molecule has 3 aliphatic rings. The van der Waals surface area contributed by atoms with Crippen molar-refractivity contribution < 1.29 is 23.9 Å². The van der Waals surface area contributed by atoms with Crippen LogP contribution >= 0.6 is 0 Å². The van der Waals surface area contributed by atoms with Crippen LogP contribution in [0.15, 0.2) is 0 Å². The van der Waals surface area contributed by atoms with Gasteiger partial charge in [-0.3, -0.25) is 9.69 Å². The fourth-order valence-electron chi connectivity index (χ4n) is 5.47. The van der Waals surface area contributed by atoms with E-state index >= 15 is 0 Å². The Morgan fingerprint density at radius 3 is 2.21 bits per heavy atom. The van der Waals surface area contributed by atoms with E-state index in [9.17, 15) is 19.6 Å². The summed E-state index contributed by atoms with van der Waals surface area (Å²) in [6.45, 7) is 11.6. The van der Waals surface area contributed by atoms with Gasteiger partial charge in [0.15, 0.2) is 0 Å². The van der Waals surface area contributed by atoms with Gasteiger partial charge < -0.3 is 19.7 Å². The van der Waals surface area contributed by atoms with Gasteiger partial charge in [0.05, 0.1) is 6.07 Å². The van der Waals surface area contributed by atoms with Gasteiger partial charge in [-0.15, -0.1) is 0 Å². The lowest BCUT2D eigenvalue weighted by molar-refractivity contribution is -0.133. The molecule has 9 heteroatoms. The summed E-state index contributed by atoms with van der Waals surface area (Å²) in [7, 11) is 0. The smallest absolute Gasteiger partial charge is 0.411 e. The molecule has 0 aromatic heterocycles. The number of likely N-dealkylation sites (tertiary alicyclic amines) is 1. The maximum Gasteiger partial charge on any atom is 0.411 e. The zero-order valence-electron chi connectivity index (χ0n) is 21.4. The molecule has 1 heterocycles. The Morgan fingerprint density at radius 2 is 1.68 bits per heavy atom. The molecule has 190 valence electrons. The average Bonchev–Trinajstić information content (AvgIpc) is 3.36. The summed E-state index contributed by atoms with van der Waals surface area (Å²) in [5.74, 6) is 0.458. The van der Waals surface area contributed by atoms with E-state index in [1.165, 1.54) is 0 Å². The van der Waals surface area contributed by atoms with E-state index in [0.717, 1.165) is 32.1 Å². The summed E-state index contributed by atoms with van der Waals surface area (Å²) in [5, 5.41) is 12.2. The Balaban J connectivity index is 1.63. The molecule has 2 aliphatic carbocycles. The van der Waals surface area contributed by atoms with Gasteiger partial charge in [-0.1, -0.05) is 0 Å². The van der Waals surface area contributed by atoms with E-state index in [4.69, 9.17) is 9.47 Å². The molecule has 5 atom stereocenters. The Kier molecular flexibility index (Phi) is 7.69. The first-order chi connectivity index (χ1) is 15.8. The molecule has 1 aliphatic heterocycles. The van der Waals surface area contributed by atoms with Crippen molar-refractivity contribution in [2.75, 3.05) is 13.1 Å². The number of carbonyl (C=O) groups is 3. The first-order valence-electron chi connectivity index (χ1n) is 12.4. The highest BCUT2D eigenvalue weighted by atomic mass is 16.6. The molecule has 1 N–H and O–H groups in total. The third kappa shape index (κ3) is 6.77. The molecule has 1 saturated heterocycles. The zero-order valence-corrected chi connectivity index (χ0v) is 21.4. The lowest BCUT2D eigenvalue weighted by atomic mass is 10.0. The van der Waals surface area contributed by atoms with Gasteiger partial charge in [-0.25, -0.2) is 9.59 Å². The van der Waals surface area contributed by atoms with Gasteiger partial charge in [0.1, 0.15) is 24.3 Å². The van der Waals surface area contributed by atoms with Crippen molar-refractivity contribution in [2.45, 2.75) is 109 Å². The summed E-state index contributed by atoms with van der Waals surface area (Å²) in [6, 6.07) is 1.66. The van der Waals surface area contributed by atoms with E-state index in [2.05, 4.69) is 11.4 Å². The SMILES string of the molecule is CC(C)(C)NC(=O)O[C@H]1C[C@H]2CC(N(CC(=O)N3CCC[C@H]3C#N)C(=O)OC(C)(C)C)C[C@H]2C1. The number of nitriles is 1. The van der Waals surface area contributed by atoms with Crippen LogP contribution < -0.4 is 5.32 Å². The van der Waals surface area contributed by atoms with Crippen LogP contribution in [-0.2, 0) is 14.3 Å². The zero-order chi connectivity index (χ0) is 25.3. The number of hydrogen-bond acceptors (Lipinski definition) is 6. The summed E-state index contributed by atoms with van der Waals surface area (Å²) < 4.78 is 11.3. The van der Waals surface area contributed by atoms with Crippen molar-refractivity contribution >= 4 is 18.1 Å². The Morgan fingerprint density at radius 1 is 1.06 bits per heavy atom. The highest BCUT2D eigenvalue weighted by molar-refractivity contribution is 5.83. The van der Waals surface area contributed by atoms with Gasteiger partial charge in [0.25, 0.3) is 0 Å². The summed E-state index contributed by atoms with van der Waals surface area (Å²) >= 11 is 0. The van der Waals surface area contributed by atoms with Crippen molar-refractivity contribution in [1.29, 1.82) is 5.26 Å². The highest BCUT2D eigenvalue weighted by Crippen LogP contribution is 2.47. The van der Waals surface area contributed by atoms with Crippen LogP contribution in [-0.4, -0.2) is 70.3 Å². The van der Waals surface area contributed by atoms with Gasteiger partial charge in [0.2, 0.25) is 5.91 Å². The van der Waals surface area contributed by atoms with E-state index in [0.29, 0.717) is 24.8 Å². The lowest BCUT2D eigenvalue weighted by Gasteiger charge is -2.33. The number of alkyl carbamates (subject to hydrolysis) is 1. The Labute approximate surface area is 203 Å². The monoisotopic (exact) mass is 476 g/mol. The maximum atomic E-state index is 13.1. The minimum Gasteiger partial charge on any atom is -0.446 e. The predicted molar refractivity (Wildman–Crippen MR) is 126 cm³/mol. The molecular formula is C25H40N4O5. The predicted octanol–water partition coefficient (Wildman–Crippen LogP) is 3.82. The van der Waals surface area contributed by atoms with E-state index in [-0.39, 0.29) is 30.1 Å². The van der Waals surface area contributed by atoms with Crippen LogP contribution in [0.3, 0.4) is 0 Å². The third-order valence-electron chi connectivity index (χ3n) is 6.79. The molecule has 0 bridgehead atoms. The molecule has 0 aromatic carbocycles. The summed E-state index contributed by atoms with van der Waals surface area (Å²) in [5.41, 5.74) is -1.02. The standard InChI is InChI=1S/C25H40N4O5/c1-24(2,3)27-22(31)33-20-12-16-10-19(11-17(16)13-20)29(23(32)34-25(4,5)6)15-21(30)28-9-7-8-18(28)14-26/h16-20H,7-13,15H2,1-6H3,(H,27,31)/t16-,17+,18-,19?,20+/m0/s1. The first-order valence-corrected chi connectivity index (χ1v) is 12.4. The molecule has 3 rings (SSSR count). The molecule has 34 heavy (non-hydrogen) atoms. The van der Waals surface area contributed by atoms with Crippen molar-refractivity contribution in [3.05, 3.63) is 0 Å². The quantitative estimate of drug-likeness (QED) is 0.660. The number of ether oxygens (including phenoxy) is 2. The van der Waals surface area contributed by atoms with Gasteiger partial charge in [-0.05, 0) is 91.9 Å². The summed E-state index contributed by atoms with van der Waals surface area (Å²) in [4.78, 5) is 41.5. The van der Waals surface area contributed by atoms with Gasteiger partial charge in [0, 0.05) is 18.1 Å². The van der Waals surface area contributed by atoms with Crippen LogP contribution in [0.1, 0.15) is 80.1 Å². The maximum absolute atomic E-state index is 13.1. The number of rotatable bonds is 4. The van der Waals surface area contributed by atoms with Crippen molar-refractivity contribution in [2.24, 2.45) is 11.8 Å². The molecule has 9 nitrogen and oxygen atoms in total. The minimum atomic E-state index is -0.672. The molecule has 0 spiro atoms. The largest absolute Gasteiger partial charge is 0.446 e. The van der Waals surface area contributed by atoms with Crippen LogP contribution in [0.4, 0.5) is 9.59 Å². The number of nitrogens with one attached hydrogen (secondary N) is 1. The fraction of sp³-hybridized carbons (Fsp3) is 0.840. The molecule has 3 amide bonds. The normalized spacial score (nSPS) is 28.7. The first kappa shape index (κ1) is 26.1. The number of hydrogen-bond donors (Lipinski definition) is 1. The number of nitrogens with zero attached hydrogens (tertiary/aromatic N) is 3. The second-order valence-electron chi connectivity index (χ2n) is 12.0. The topological polar surface area (TPSA) is 112 Å². The van der Waals surface area contributed by atoms with Crippen LogP contribution in [0, 0.1) is 23.2 Å². The van der Waals surface area contributed by atoms with Crippen LogP contribution in [0.25, 0.3) is 0 Å². The van der Waals surface area contributed by atoms with Gasteiger partial charge in [-0.2, -0.15) is 5.26 Å². The van der Waals surface area contributed by atoms with Crippen LogP contribution in [0.2, 0.25) is 0 Å². The summed E-state index contributed by atoms with van der Waals surface area (Å²) in [6.07, 6.45) is 3.48. The van der Waals surface area contributed by atoms with Gasteiger partial charge >= 0.3 is 12.2 Å². The lowest BCUT2D eigenvalue weighted by Crippen LogP contribution is -2.49. The second-order valence-corrected chi connectivity index (χ2v) is 12.0. The molecule has 0 aromatic rings. The molecule has 2 saturated carbocycles. The van der Waals surface area contributed by atoms with Crippen molar-refractivity contribution in [3.63, 3.8) is 0 Å². The second kappa shape index (κ2) is 10.0. The minimum absolute atomic E-state index is 0.0783. The fourth-order valence-corrected chi connectivity index (χ4v) is 5.47. The molecule has 1 unspecified atom stereocenters. The molecule has 0 radical (unpaired) electrons.